The van der Waals surface area contributed by atoms with Gasteiger partial charge < -0.3 is 4.98 Å². The molecule has 1 aliphatic carbocycles. The first-order valence-corrected chi connectivity index (χ1v) is 7.88. The van der Waals surface area contributed by atoms with Crippen LogP contribution in [0.5, 0.6) is 0 Å². The molecular formula is C15H23BrN2O. The molecule has 0 spiro atoms. The summed E-state index contributed by atoms with van der Waals surface area (Å²) in [5.74, 6) is 2.01. The second-order valence-electron chi connectivity index (χ2n) is 6.83. The first kappa shape index (κ1) is 14.8. The first-order valence-electron chi connectivity index (χ1n) is 7.09. The monoisotopic (exact) mass is 326 g/mol. The third-order valence-corrected chi connectivity index (χ3v) is 4.65. The standard InChI is InChI=1S/C15H23BrN2O/c1-9-6-5-7-10(8-9)13-17-12(15(2,3)4)11(16)14(19)18-13/h9-10H,5-8H2,1-4H3,(H,17,18,19). The zero-order chi connectivity index (χ0) is 14.2. The second kappa shape index (κ2) is 5.39. The van der Waals surface area contributed by atoms with Crippen LogP contribution < -0.4 is 5.56 Å². The summed E-state index contributed by atoms with van der Waals surface area (Å²) in [7, 11) is 0. The van der Waals surface area contributed by atoms with Gasteiger partial charge in [-0.25, -0.2) is 4.98 Å². The van der Waals surface area contributed by atoms with Gasteiger partial charge in [0.15, 0.2) is 0 Å². The van der Waals surface area contributed by atoms with E-state index >= 15 is 0 Å². The SMILES string of the molecule is CC1CCCC(c2nc(C(C)(C)C)c(Br)c(=O)[nH]2)C1. The van der Waals surface area contributed by atoms with E-state index in [1.165, 1.54) is 12.8 Å². The van der Waals surface area contributed by atoms with Crippen molar-refractivity contribution in [2.24, 2.45) is 5.92 Å². The van der Waals surface area contributed by atoms with E-state index < -0.39 is 0 Å². The van der Waals surface area contributed by atoms with E-state index in [1.54, 1.807) is 0 Å². The van der Waals surface area contributed by atoms with Crippen molar-refractivity contribution in [1.29, 1.82) is 0 Å². The number of aromatic nitrogens is 2. The summed E-state index contributed by atoms with van der Waals surface area (Å²) < 4.78 is 0.576. The van der Waals surface area contributed by atoms with Gasteiger partial charge in [0, 0.05) is 11.3 Å². The van der Waals surface area contributed by atoms with Gasteiger partial charge in [0.05, 0.1) is 5.69 Å². The summed E-state index contributed by atoms with van der Waals surface area (Å²) in [6, 6.07) is 0. The molecule has 2 unspecified atom stereocenters. The van der Waals surface area contributed by atoms with Crippen LogP contribution in [0, 0.1) is 5.92 Å². The van der Waals surface area contributed by atoms with Gasteiger partial charge in [-0.1, -0.05) is 40.5 Å². The quantitative estimate of drug-likeness (QED) is 0.843. The fraction of sp³-hybridized carbons (Fsp3) is 0.733. The molecule has 1 aromatic rings. The molecule has 1 saturated carbocycles. The summed E-state index contributed by atoms with van der Waals surface area (Å²) >= 11 is 3.38. The Kier molecular flexibility index (Phi) is 4.19. The molecule has 106 valence electrons. The Morgan fingerprint density at radius 3 is 2.58 bits per heavy atom. The molecule has 1 aliphatic rings. The molecule has 1 heterocycles. The normalized spacial score (nSPS) is 24.5. The molecule has 0 amide bonds. The first-order chi connectivity index (χ1) is 8.79. The number of H-pyrrole nitrogens is 1. The van der Waals surface area contributed by atoms with Crippen molar-refractivity contribution < 1.29 is 0 Å². The summed E-state index contributed by atoms with van der Waals surface area (Å²) in [6.07, 6.45) is 4.80. The van der Waals surface area contributed by atoms with E-state index in [2.05, 4.69) is 48.6 Å². The third-order valence-electron chi connectivity index (χ3n) is 3.91. The van der Waals surface area contributed by atoms with Crippen LogP contribution >= 0.6 is 15.9 Å². The van der Waals surface area contributed by atoms with Crippen molar-refractivity contribution >= 4 is 15.9 Å². The number of aromatic amines is 1. The molecule has 0 aliphatic heterocycles. The second-order valence-corrected chi connectivity index (χ2v) is 7.63. The Balaban J connectivity index is 2.42. The molecule has 4 heteroatoms. The largest absolute Gasteiger partial charge is 0.309 e. The zero-order valence-electron chi connectivity index (χ0n) is 12.2. The number of hydrogen-bond donors (Lipinski definition) is 1. The molecule has 2 rings (SSSR count). The highest BCUT2D eigenvalue weighted by molar-refractivity contribution is 9.10. The van der Waals surface area contributed by atoms with Gasteiger partial charge in [0.2, 0.25) is 0 Å². The lowest BCUT2D eigenvalue weighted by atomic mass is 9.82. The average Bonchev–Trinajstić information content (AvgIpc) is 2.31. The van der Waals surface area contributed by atoms with Gasteiger partial charge in [0.1, 0.15) is 10.3 Å². The van der Waals surface area contributed by atoms with Crippen LogP contribution in [0.1, 0.15) is 70.8 Å². The predicted molar refractivity (Wildman–Crippen MR) is 81.6 cm³/mol. The zero-order valence-corrected chi connectivity index (χ0v) is 13.8. The van der Waals surface area contributed by atoms with Crippen LogP contribution in [0.25, 0.3) is 0 Å². The minimum Gasteiger partial charge on any atom is -0.309 e. The van der Waals surface area contributed by atoms with E-state index in [0.717, 1.165) is 30.3 Å². The minimum atomic E-state index is -0.123. The van der Waals surface area contributed by atoms with Crippen molar-refractivity contribution in [1.82, 2.24) is 9.97 Å². The molecule has 19 heavy (non-hydrogen) atoms. The van der Waals surface area contributed by atoms with Gasteiger partial charge in [-0.15, -0.1) is 0 Å². The molecule has 0 bridgehead atoms. The Hall–Kier alpha value is -0.640. The third kappa shape index (κ3) is 3.28. The maximum Gasteiger partial charge on any atom is 0.265 e. The fourth-order valence-electron chi connectivity index (χ4n) is 2.85. The van der Waals surface area contributed by atoms with Gasteiger partial charge in [0.25, 0.3) is 5.56 Å². The van der Waals surface area contributed by atoms with Crippen molar-refractivity contribution in [3.63, 3.8) is 0 Å². The van der Waals surface area contributed by atoms with E-state index in [9.17, 15) is 4.79 Å². The van der Waals surface area contributed by atoms with Gasteiger partial charge in [-0.2, -0.15) is 0 Å². The van der Waals surface area contributed by atoms with Crippen molar-refractivity contribution in [3.8, 4) is 0 Å². The van der Waals surface area contributed by atoms with Crippen LogP contribution in [-0.2, 0) is 5.41 Å². The summed E-state index contributed by atoms with van der Waals surface area (Å²) in [4.78, 5) is 19.8. The Morgan fingerprint density at radius 1 is 1.32 bits per heavy atom. The van der Waals surface area contributed by atoms with Gasteiger partial charge >= 0.3 is 0 Å². The molecular weight excluding hydrogens is 304 g/mol. The van der Waals surface area contributed by atoms with Crippen LogP contribution in [0.2, 0.25) is 0 Å². The summed E-state index contributed by atoms with van der Waals surface area (Å²) in [6.45, 7) is 8.56. The van der Waals surface area contributed by atoms with E-state index in [0.29, 0.717) is 10.4 Å². The van der Waals surface area contributed by atoms with Crippen molar-refractivity contribution in [2.45, 2.75) is 64.7 Å². The van der Waals surface area contributed by atoms with Crippen LogP contribution in [0.15, 0.2) is 9.27 Å². The fourth-order valence-corrected chi connectivity index (χ4v) is 3.63. The van der Waals surface area contributed by atoms with Crippen molar-refractivity contribution in [2.75, 3.05) is 0 Å². The molecule has 3 nitrogen and oxygen atoms in total. The minimum absolute atomic E-state index is 0.0480. The molecule has 1 aromatic heterocycles. The topological polar surface area (TPSA) is 45.8 Å². The maximum absolute atomic E-state index is 12.1. The lowest BCUT2D eigenvalue weighted by Crippen LogP contribution is -2.26. The maximum atomic E-state index is 12.1. The molecule has 0 aromatic carbocycles. The Labute approximate surface area is 123 Å². The van der Waals surface area contributed by atoms with Crippen LogP contribution in [0.3, 0.4) is 0 Å². The average molecular weight is 327 g/mol. The number of hydrogen-bond acceptors (Lipinski definition) is 2. The van der Waals surface area contributed by atoms with E-state index in [4.69, 9.17) is 4.98 Å². The number of nitrogens with one attached hydrogen (secondary N) is 1. The van der Waals surface area contributed by atoms with E-state index in [1.807, 2.05) is 0 Å². The molecule has 2 atom stereocenters. The van der Waals surface area contributed by atoms with Crippen LogP contribution in [-0.4, -0.2) is 9.97 Å². The number of halogens is 1. The van der Waals surface area contributed by atoms with E-state index in [-0.39, 0.29) is 11.0 Å². The molecule has 0 radical (unpaired) electrons. The van der Waals surface area contributed by atoms with Gasteiger partial charge in [-0.3, -0.25) is 4.79 Å². The highest BCUT2D eigenvalue weighted by atomic mass is 79.9. The Bertz CT molecular complexity index is 516. The van der Waals surface area contributed by atoms with Crippen molar-refractivity contribution in [3.05, 3.63) is 26.3 Å². The predicted octanol–water partition coefficient (Wildman–Crippen LogP) is 4.12. The van der Waals surface area contributed by atoms with Crippen LogP contribution in [0.4, 0.5) is 0 Å². The smallest absolute Gasteiger partial charge is 0.265 e. The highest BCUT2D eigenvalue weighted by Gasteiger charge is 2.26. The highest BCUT2D eigenvalue weighted by Crippen LogP contribution is 2.35. The lowest BCUT2D eigenvalue weighted by molar-refractivity contribution is 0.333. The van der Waals surface area contributed by atoms with Gasteiger partial charge in [-0.05, 0) is 34.7 Å². The Morgan fingerprint density at radius 2 is 2.00 bits per heavy atom. The summed E-state index contributed by atoms with van der Waals surface area (Å²) in [5.41, 5.74) is 0.694. The molecule has 1 fully saturated rings. The summed E-state index contributed by atoms with van der Waals surface area (Å²) in [5, 5.41) is 0. The lowest BCUT2D eigenvalue weighted by Gasteiger charge is -2.27. The number of rotatable bonds is 1. The molecule has 1 N–H and O–H groups in total. The number of nitrogens with zero attached hydrogens (tertiary/aromatic N) is 1. The molecule has 0 saturated heterocycles.